The zero-order chi connectivity index (χ0) is 20.1. The molecule has 0 fully saturated rings. The lowest BCUT2D eigenvalue weighted by Crippen LogP contribution is -2.46. The van der Waals surface area contributed by atoms with Crippen LogP contribution >= 0.6 is 11.6 Å². The fourth-order valence-corrected chi connectivity index (χ4v) is 3.77. The van der Waals surface area contributed by atoms with Crippen molar-refractivity contribution in [2.75, 3.05) is 27.3 Å². The van der Waals surface area contributed by atoms with Crippen LogP contribution < -0.4 is 14.8 Å². The summed E-state index contributed by atoms with van der Waals surface area (Å²) < 4.78 is 11.0. The summed E-state index contributed by atoms with van der Waals surface area (Å²) in [5.41, 5.74) is 3.23. The summed E-state index contributed by atoms with van der Waals surface area (Å²) in [5.74, 6) is 1.37. The van der Waals surface area contributed by atoms with E-state index in [1.54, 1.807) is 14.2 Å². The van der Waals surface area contributed by atoms with E-state index in [2.05, 4.69) is 12.2 Å². The van der Waals surface area contributed by atoms with Gasteiger partial charge < -0.3 is 19.7 Å². The van der Waals surface area contributed by atoms with Gasteiger partial charge in [0.15, 0.2) is 11.5 Å². The first-order valence-corrected chi connectivity index (χ1v) is 10.0. The van der Waals surface area contributed by atoms with Crippen LogP contribution in [-0.2, 0) is 6.42 Å². The minimum atomic E-state index is -0.206. The summed E-state index contributed by atoms with van der Waals surface area (Å²) in [5, 5.41) is 3.72. The Hall–Kier alpha value is -2.40. The van der Waals surface area contributed by atoms with Gasteiger partial charge in [-0.2, -0.15) is 0 Å². The van der Waals surface area contributed by atoms with E-state index < -0.39 is 0 Å². The largest absolute Gasteiger partial charge is 0.493 e. The van der Waals surface area contributed by atoms with Gasteiger partial charge in [-0.05, 0) is 53.8 Å². The van der Waals surface area contributed by atoms with Gasteiger partial charge in [-0.1, -0.05) is 37.1 Å². The van der Waals surface area contributed by atoms with Crippen molar-refractivity contribution in [1.82, 2.24) is 10.2 Å². The summed E-state index contributed by atoms with van der Waals surface area (Å²) in [6.45, 7) is 3.42. The SMILES string of the molecule is CCCCNC(=O)N1CCc2cc(OC)c(OC)cc2C1c1ccc(Cl)cc1. The first-order chi connectivity index (χ1) is 13.6. The lowest BCUT2D eigenvalue weighted by molar-refractivity contribution is 0.180. The average Bonchev–Trinajstić information content (AvgIpc) is 2.72. The van der Waals surface area contributed by atoms with Crippen LogP contribution in [0, 0.1) is 0 Å². The highest BCUT2D eigenvalue weighted by Gasteiger charge is 2.33. The lowest BCUT2D eigenvalue weighted by Gasteiger charge is -2.38. The molecule has 3 rings (SSSR count). The summed E-state index contributed by atoms with van der Waals surface area (Å²) in [6, 6.07) is 11.4. The number of nitrogens with one attached hydrogen (secondary N) is 1. The van der Waals surface area contributed by atoms with E-state index in [4.69, 9.17) is 21.1 Å². The maximum absolute atomic E-state index is 12.9. The normalized spacial score (nSPS) is 15.7. The average molecular weight is 403 g/mol. The number of carbonyl (C=O) groups is 1. The Morgan fingerprint density at radius 2 is 1.86 bits per heavy atom. The minimum absolute atomic E-state index is 0.0474. The second-order valence-corrected chi connectivity index (χ2v) is 7.33. The third-order valence-electron chi connectivity index (χ3n) is 5.13. The summed E-state index contributed by atoms with van der Waals surface area (Å²) in [6.07, 6.45) is 2.77. The van der Waals surface area contributed by atoms with Crippen LogP contribution in [0.5, 0.6) is 11.5 Å². The predicted molar refractivity (Wildman–Crippen MR) is 112 cm³/mol. The fourth-order valence-electron chi connectivity index (χ4n) is 3.64. The molecule has 0 aromatic heterocycles. The number of ether oxygens (including phenoxy) is 2. The first-order valence-electron chi connectivity index (χ1n) is 9.63. The van der Waals surface area contributed by atoms with Crippen molar-refractivity contribution in [3.63, 3.8) is 0 Å². The van der Waals surface area contributed by atoms with Crippen LogP contribution in [0.15, 0.2) is 36.4 Å². The van der Waals surface area contributed by atoms with Gasteiger partial charge in [0.25, 0.3) is 0 Å². The first kappa shape index (κ1) is 20.3. The van der Waals surface area contributed by atoms with Crippen LogP contribution in [0.25, 0.3) is 0 Å². The van der Waals surface area contributed by atoms with E-state index >= 15 is 0 Å². The molecular formula is C22H27ClN2O3. The van der Waals surface area contributed by atoms with E-state index in [1.807, 2.05) is 41.3 Å². The molecule has 1 N–H and O–H groups in total. The molecule has 1 aliphatic heterocycles. The monoisotopic (exact) mass is 402 g/mol. The van der Waals surface area contributed by atoms with Crippen molar-refractivity contribution in [3.05, 3.63) is 58.1 Å². The number of urea groups is 1. The molecule has 0 bridgehead atoms. The molecule has 6 heteroatoms. The van der Waals surface area contributed by atoms with E-state index in [9.17, 15) is 4.79 Å². The van der Waals surface area contributed by atoms with Crippen molar-refractivity contribution in [1.29, 1.82) is 0 Å². The lowest BCUT2D eigenvalue weighted by atomic mass is 9.88. The van der Waals surface area contributed by atoms with Crippen molar-refractivity contribution >= 4 is 17.6 Å². The molecule has 0 saturated heterocycles. The van der Waals surface area contributed by atoms with Crippen molar-refractivity contribution in [2.24, 2.45) is 0 Å². The quantitative estimate of drug-likeness (QED) is 0.705. The van der Waals surface area contributed by atoms with Crippen LogP contribution in [0.4, 0.5) is 4.79 Å². The number of amides is 2. The molecule has 5 nitrogen and oxygen atoms in total. The van der Waals surface area contributed by atoms with E-state index in [-0.39, 0.29) is 12.1 Å². The second kappa shape index (κ2) is 9.20. The molecule has 1 atom stereocenters. The molecular weight excluding hydrogens is 376 g/mol. The Morgan fingerprint density at radius 1 is 1.18 bits per heavy atom. The standard InChI is InChI=1S/C22H27ClN2O3/c1-4-5-11-24-22(26)25-12-10-16-13-19(27-2)20(28-3)14-18(16)21(25)15-6-8-17(23)9-7-15/h6-9,13-14,21H,4-5,10-12H2,1-3H3,(H,24,26). The van der Waals surface area contributed by atoms with Crippen molar-refractivity contribution < 1.29 is 14.3 Å². The van der Waals surface area contributed by atoms with Crippen LogP contribution in [0.3, 0.4) is 0 Å². The zero-order valence-electron chi connectivity index (χ0n) is 16.6. The van der Waals surface area contributed by atoms with Gasteiger partial charge in [-0.3, -0.25) is 0 Å². The van der Waals surface area contributed by atoms with Gasteiger partial charge in [-0.25, -0.2) is 4.79 Å². The smallest absolute Gasteiger partial charge is 0.318 e. The molecule has 0 saturated carbocycles. The van der Waals surface area contributed by atoms with Gasteiger partial charge in [0.1, 0.15) is 0 Å². The topological polar surface area (TPSA) is 50.8 Å². The highest BCUT2D eigenvalue weighted by atomic mass is 35.5. The fraction of sp³-hybridized carbons (Fsp3) is 0.409. The van der Waals surface area contributed by atoms with Crippen LogP contribution in [-0.4, -0.2) is 38.2 Å². The molecule has 2 aromatic rings. The van der Waals surface area contributed by atoms with Crippen molar-refractivity contribution in [2.45, 2.75) is 32.2 Å². The molecule has 1 unspecified atom stereocenters. The Bertz CT molecular complexity index is 823. The molecule has 0 radical (unpaired) electrons. The Balaban J connectivity index is 2.03. The maximum Gasteiger partial charge on any atom is 0.318 e. The number of hydrogen-bond acceptors (Lipinski definition) is 3. The third-order valence-corrected chi connectivity index (χ3v) is 5.38. The number of methoxy groups -OCH3 is 2. The molecule has 28 heavy (non-hydrogen) atoms. The van der Waals surface area contributed by atoms with Crippen LogP contribution in [0.2, 0.25) is 5.02 Å². The van der Waals surface area contributed by atoms with Gasteiger partial charge in [0.2, 0.25) is 0 Å². The van der Waals surface area contributed by atoms with E-state index in [0.717, 1.165) is 36.0 Å². The maximum atomic E-state index is 12.9. The molecule has 0 aliphatic carbocycles. The highest BCUT2D eigenvalue weighted by molar-refractivity contribution is 6.30. The number of fused-ring (bicyclic) bond motifs is 1. The molecule has 2 aromatic carbocycles. The molecule has 1 heterocycles. The highest BCUT2D eigenvalue weighted by Crippen LogP contribution is 2.41. The molecule has 0 spiro atoms. The number of benzene rings is 2. The number of rotatable bonds is 6. The van der Waals surface area contributed by atoms with Gasteiger partial charge in [-0.15, -0.1) is 0 Å². The zero-order valence-corrected chi connectivity index (χ0v) is 17.4. The van der Waals surface area contributed by atoms with Crippen LogP contribution in [0.1, 0.15) is 42.5 Å². The number of halogens is 1. The second-order valence-electron chi connectivity index (χ2n) is 6.89. The Morgan fingerprint density at radius 3 is 2.50 bits per heavy atom. The summed E-state index contributed by atoms with van der Waals surface area (Å²) in [4.78, 5) is 14.8. The van der Waals surface area contributed by atoms with E-state index in [0.29, 0.717) is 29.6 Å². The number of carbonyl (C=O) groups excluding carboxylic acids is 1. The molecule has 2 amide bonds. The van der Waals surface area contributed by atoms with Gasteiger partial charge in [0.05, 0.1) is 20.3 Å². The van der Waals surface area contributed by atoms with Gasteiger partial charge >= 0.3 is 6.03 Å². The Labute approximate surface area is 171 Å². The summed E-state index contributed by atoms with van der Waals surface area (Å²) >= 11 is 6.09. The number of unbranched alkanes of at least 4 members (excludes halogenated alkanes) is 1. The minimum Gasteiger partial charge on any atom is -0.493 e. The van der Waals surface area contributed by atoms with E-state index in [1.165, 1.54) is 0 Å². The van der Waals surface area contributed by atoms with Crippen molar-refractivity contribution in [3.8, 4) is 11.5 Å². The molecule has 1 aliphatic rings. The number of hydrogen-bond donors (Lipinski definition) is 1. The Kier molecular flexibility index (Phi) is 6.68. The van der Waals surface area contributed by atoms with Gasteiger partial charge in [0, 0.05) is 18.1 Å². The predicted octanol–water partition coefficient (Wildman–Crippen LogP) is 4.81. The third kappa shape index (κ3) is 4.20. The number of nitrogens with zero attached hydrogens (tertiary/aromatic N) is 1. The molecule has 150 valence electrons. The summed E-state index contributed by atoms with van der Waals surface area (Å²) in [7, 11) is 3.26.